The summed E-state index contributed by atoms with van der Waals surface area (Å²) in [5.74, 6) is -0.966. The number of anilines is 1. The van der Waals surface area contributed by atoms with Gasteiger partial charge in [-0.15, -0.1) is 0 Å². The molecule has 1 aliphatic rings. The summed E-state index contributed by atoms with van der Waals surface area (Å²) in [7, 11) is 0. The van der Waals surface area contributed by atoms with E-state index in [1.165, 1.54) is 13.0 Å². The molecule has 3 N–H and O–H groups in total. The Morgan fingerprint density at radius 2 is 2.07 bits per heavy atom. The van der Waals surface area contributed by atoms with E-state index in [0.717, 1.165) is 6.40 Å². The maximum Gasteiger partial charge on any atom is 0.340 e. The zero-order chi connectivity index (χ0) is 20.4. The van der Waals surface area contributed by atoms with E-state index in [1.54, 1.807) is 0 Å². The van der Waals surface area contributed by atoms with Crippen molar-refractivity contribution in [2.75, 3.05) is 18.5 Å². The van der Waals surface area contributed by atoms with E-state index in [-0.39, 0.29) is 24.7 Å². The summed E-state index contributed by atoms with van der Waals surface area (Å²) in [6.45, 7) is 4.74. The Morgan fingerprint density at radius 3 is 2.56 bits per heavy atom. The largest absolute Gasteiger partial charge is 0.480 e. The van der Waals surface area contributed by atoms with E-state index in [4.69, 9.17) is 9.47 Å². The fourth-order valence-corrected chi connectivity index (χ4v) is 7.27. The van der Waals surface area contributed by atoms with Crippen molar-refractivity contribution < 1.29 is 29.3 Å². The molecule has 1 aliphatic heterocycles. The number of hydrogen-bond donors (Lipinski definition) is 3. The van der Waals surface area contributed by atoms with Gasteiger partial charge in [0.1, 0.15) is 13.2 Å². The van der Waals surface area contributed by atoms with Crippen LogP contribution in [0.25, 0.3) is 0 Å². The Morgan fingerprint density at radius 1 is 1.41 bits per heavy atom. The number of amides is 1. The van der Waals surface area contributed by atoms with Crippen LogP contribution < -0.4 is 5.32 Å². The van der Waals surface area contributed by atoms with Gasteiger partial charge in [0.15, 0.2) is 18.2 Å². The summed E-state index contributed by atoms with van der Waals surface area (Å²) >= 11 is 5.87. The average Bonchev–Trinajstić information content (AvgIpc) is 3.07. The standard InChI is InChI=1S/C16H15I3N2O6/c1-3-4-27-14(23)8-10(17)9(16(15(24)25)5-26-6-20-16)12(19)13(11(8)18)21-7(2)22/h3,6,15,24-25H,1,4-5H2,2H3,(H,21,22). The van der Waals surface area contributed by atoms with E-state index in [1.807, 2.05) is 67.8 Å². The molecular formula is C16H15I3N2O6. The Balaban J connectivity index is 2.83. The van der Waals surface area contributed by atoms with Crippen LogP contribution in [0.15, 0.2) is 17.6 Å². The highest BCUT2D eigenvalue weighted by Gasteiger charge is 2.47. The van der Waals surface area contributed by atoms with Crippen molar-refractivity contribution in [2.45, 2.75) is 18.8 Å². The first kappa shape index (κ1) is 22.8. The lowest BCUT2D eigenvalue weighted by Crippen LogP contribution is -2.41. The van der Waals surface area contributed by atoms with Crippen molar-refractivity contribution in [3.05, 3.63) is 34.5 Å². The van der Waals surface area contributed by atoms with E-state index in [9.17, 15) is 19.8 Å². The van der Waals surface area contributed by atoms with Crippen LogP contribution in [-0.2, 0) is 19.8 Å². The van der Waals surface area contributed by atoms with Gasteiger partial charge in [0.25, 0.3) is 0 Å². The fourth-order valence-electron chi connectivity index (χ4n) is 2.46. The fraction of sp³-hybridized carbons (Fsp3) is 0.312. The number of benzene rings is 1. The second kappa shape index (κ2) is 9.32. The molecule has 0 fully saturated rings. The third-order valence-corrected chi connectivity index (χ3v) is 6.91. The zero-order valence-electron chi connectivity index (χ0n) is 14.0. The van der Waals surface area contributed by atoms with E-state index < -0.39 is 17.8 Å². The maximum absolute atomic E-state index is 12.6. The quantitative estimate of drug-likeness (QED) is 0.181. The number of aliphatic hydroxyl groups excluding tert-OH is 1. The molecule has 146 valence electrons. The molecule has 1 atom stereocenters. The molecule has 0 saturated carbocycles. The number of nitrogens with zero attached hydrogens (tertiary/aromatic N) is 1. The Labute approximate surface area is 196 Å². The molecule has 2 rings (SSSR count). The van der Waals surface area contributed by atoms with Crippen molar-refractivity contribution in [1.29, 1.82) is 0 Å². The summed E-state index contributed by atoms with van der Waals surface area (Å²) < 4.78 is 11.8. The molecule has 8 nitrogen and oxygen atoms in total. The van der Waals surface area contributed by atoms with Crippen molar-refractivity contribution >= 4 is 91.7 Å². The number of ether oxygens (including phenoxy) is 2. The molecule has 1 unspecified atom stereocenters. The van der Waals surface area contributed by atoms with Crippen molar-refractivity contribution in [3.8, 4) is 0 Å². The number of carbonyl (C=O) groups is 2. The van der Waals surface area contributed by atoms with E-state index in [2.05, 4.69) is 16.9 Å². The molecule has 0 aromatic heterocycles. The van der Waals surface area contributed by atoms with Gasteiger partial charge in [0.05, 0.1) is 14.8 Å². The monoisotopic (exact) mass is 712 g/mol. The molecule has 0 spiro atoms. The predicted octanol–water partition coefficient (Wildman–Crippen LogP) is 2.37. The van der Waals surface area contributed by atoms with Gasteiger partial charge in [-0.05, 0) is 67.8 Å². The summed E-state index contributed by atoms with van der Waals surface area (Å²) in [4.78, 5) is 28.5. The minimum absolute atomic E-state index is 0.0107. The Hall–Kier alpha value is -0.520. The number of aliphatic imine (C=N–C) groups is 1. The number of nitrogens with one attached hydrogen (secondary N) is 1. The number of aliphatic hydroxyl groups is 2. The number of hydrogen-bond acceptors (Lipinski definition) is 7. The summed E-state index contributed by atoms with van der Waals surface area (Å²) in [6, 6.07) is 0. The van der Waals surface area contributed by atoms with Crippen LogP contribution >= 0.6 is 67.8 Å². The van der Waals surface area contributed by atoms with Gasteiger partial charge < -0.3 is 25.0 Å². The van der Waals surface area contributed by atoms with E-state index >= 15 is 0 Å². The summed E-state index contributed by atoms with van der Waals surface area (Å²) in [5.41, 5.74) is -0.605. The number of halogens is 3. The second-order valence-corrected chi connectivity index (χ2v) is 8.71. The first-order chi connectivity index (χ1) is 12.7. The minimum atomic E-state index is -1.89. The molecular weight excluding hydrogens is 697 g/mol. The third kappa shape index (κ3) is 4.40. The SMILES string of the molecule is C=CCOC(=O)c1c(I)c(NC(C)=O)c(I)c(C2(C(O)O)COC=N2)c1I. The van der Waals surface area contributed by atoms with Crippen LogP contribution in [0.5, 0.6) is 0 Å². The normalized spacial score (nSPS) is 18.3. The first-order valence-electron chi connectivity index (χ1n) is 7.45. The van der Waals surface area contributed by atoms with Crippen molar-refractivity contribution in [1.82, 2.24) is 0 Å². The molecule has 0 aliphatic carbocycles. The molecule has 0 radical (unpaired) electrons. The van der Waals surface area contributed by atoms with Gasteiger partial charge in [0, 0.05) is 19.6 Å². The van der Waals surface area contributed by atoms with Gasteiger partial charge in [-0.3, -0.25) is 4.79 Å². The van der Waals surface area contributed by atoms with Crippen LogP contribution in [-0.4, -0.2) is 48.0 Å². The lowest BCUT2D eigenvalue weighted by atomic mass is 9.89. The third-order valence-electron chi connectivity index (χ3n) is 3.68. The highest BCUT2D eigenvalue weighted by atomic mass is 127. The maximum atomic E-state index is 12.6. The molecule has 1 aromatic carbocycles. The first-order valence-corrected chi connectivity index (χ1v) is 10.7. The highest BCUT2D eigenvalue weighted by Crippen LogP contribution is 2.44. The minimum Gasteiger partial charge on any atom is -0.480 e. The molecule has 1 amide bonds. The van der Waals surface area contributed by atoms with Gasteiger partial charge >= 0.3 is 5.97 Å². The Kier molecular flexibility index (Phi) is 7.86. The molecule has 1 aromatic rings. The van der Waals surface area contributed by atoms with Crippen molar-refractivity contribution in [3.63, 3.8) is 0 Å². The highest BCUT2D eigenvalue weighted by molar-refractivity contribution is 14.1. The van der Waals surface area contributed by atoms with Crippen LogP contribution in [0.2, 0.25) is 0 Å². The molecule has 1 heterocycles. The molecule has 0 saturated heterocycles. The summed E-state index contributed by atoms with van der Waals surface area (Å²) in [5, 5.41) is 22.8. The van der Waals surface area contributed by atoms with Gasteiger partial charge in [-0.2, -0.15) is 0 Å². The lowest BCUT2D eigenvalue weighted by molar-refractivity contribution is -0.114. The predicted molar refractivity (Wildman–Crippen MR) is 124 cm³/mol. The average molecular weight is 712 g/mol. The van der Waals surface area contributed by atoms with Gasteiger partial charge in [-0.1, -0.05) is 12.7 Å². The zero-order valence-corrected chi connectivity index (χ0v) is 20.4. The van der Waals surface area contributed by atoms with Crippen molar-refractivity contribution in [2.24, 2.45) is 4.99 Å². The molecule has 0 bridgehead atoms. The van der Waals surface area contributed by atoms with Crippen LogP contribution in [0.4, 0.5) is 5.69 Å². The number of esters is 1. The summed E-state index contributed by atoms with van der Waals surface area (Å²) in [6.07, 6.45) is 0.686. The molecule has 11 heteroatoms. The van der Waals surface area contributed by atoms with Gasteiger partial charge in [-0.25, -0.2) is 9.79 Å². The lowest BCUT2D eigenvalue weighted by Gasteiger charge is -2.31. The molecule has 27 heavy (non-hydrogen) atoms. The number of rotatable bonds is 6. The van der Waals surface area contributed by atoms with Crippen LogP contribution in [0.1, 0.15) is 22.8 Å². The number of carbonyl (C=O) groups excluding carboxylic acids is 2. The van der Waals surface area contributed by atoms with E-state index in [0.29, 0.717) is 22.0 Å². The second-order valence-electron chi connectivity index (χ2n) is 5.48. The smallest absolute Gasteiger partial charge is 0.340 e. The van der Waals surface area contributed by atoms with Gasteiger partial charge in [0.2, 0.25) is 5.91 Å². The van der Waals surface area contributed by atoms with Crippen LogP contribution in [0.3, 0.4) is 0 Å². The van der Waals surface area contributed by atoms with Crippen LogP contribution in [0, 0.1) is 10.7 Å². The Bertz CT molecular complexity index is 827. The topological polar surface area (TPSA) is 117 Å².